The number of carbonyl (C=O) groups excluding carboxylic acids is 2. The molecule has 185 valence electrons. The summed E-state index contributed by atoms with van der Waals surface area (Å²) in [5.74, 6) is -0.0655. The molecule has 0 saturated carbocycles. The maximum Gasteiger partial charge on any atom is 0.258 e. The number of allylic oxidation sites excluding steroid dienone is 2. The molecule has 2 aliphatic heterocycles. The zero-order chi connectivity index (χ0) is 24.2. The van der Waals surface area contributed by atoms with Gasteiger partial charge in [0.05, 0.1) is 18.7 Å². The first-order valence-electron chi connectivity index (χ1n) is 11.4. The number of anilines is 1. The summed E-state index contributed by atoms with van der Waals surface area (Å²) in [6.45, 7) is 3.14. The second-order valence-corrected chi connectivity index (χ2v) is 8.23. The first-order chi connectivity index (χ1) is 17.1. The lowest BCUT2D eigenvalue weighted by Crippen LogP contribution is -2.29. The SMILES string of the molecule is O=C(Nc1ccc(C2=NCCN2)cc1)c1ccc(C(=O)NC2=C[CH]C(C3=NCCN3)C=C2)c(F)c1.[HH].[HH].[HH].[HH]. The third-order valence-electron chi connectivity index (χ3n) is 5.81. The molecule has 1 radical (unpaired) electrons. The van der Waals surface area contributed by atoms with Gasteiger partial charge in [-0.1, -0.05) is 12.2 Å². The number of aliphatic imine (C=N–C) groups is 2. The van der Waals surface area contributed by atoms with E-state index in [-0.39, 0.29) is 22.8 Å². The summed E-state index contributed by atoms with van der Waals surface area (Å²) < 4.78 is 14.7. The Kier molecular flexibility index (Phi) is 6.38. The molecule has 1 aliphatic carbocycles. The van der Waals surface area contributed by atoms with Crippen LogP contribution in [-0.4, -0.2) is 49.7 Å². The molecule has 0 saturated heterocycles. The highest BCUT2D eigenvalue weighted by molar-refractivity contribution is 6.06. The van der Waals surface area contributed by atoms with Gasteiger partial charge in [-0.2, -0.15) is 0 Å². The molecular weight excluding hydrogens is 447 g/mol. The van der Waals surface area contributed by atoms with Crippen molar-refractivity contribution < 1.29 is 19.7 Å². The molecule has 0 fully saturated rings. The van der Waals surface area contributed by atoms with Crippen LogP contribution in [-0.2, 0) is 0 Å². The fraction of sp³-hybridized carbons (Fsp3) is 0.192. The van der Waals surface area contributed by atoms with Gasteiger partial charge < -0.3 is 21.3 Å². The monoisotopic (exact) mass is 479 g/mol. The smallest absolute Gasteiger partial charge is 0.258 e. The van der Waals surface area contributed by atoms with Crippen LogP contribution in [0.3, 0.4) is 0 Å². The lowest BCUT2D eigenvalue weighted by molar-refractivity contribution is 0.0960. The highest BCUT2D eigenvalue weighted by Crippen LogP contribution is 2.18. The van der Waals surface area contributed by atoms with Crippen molar-refractivity contribution in [1.29, 1.82) is 0 Å². The summed E-state index contributed by atoms with van der Waals surface area (Å²) >= 11 is 0. The quantitative estimate of drug-likeness (QED) is 0.509. The Morgan fingerprint density at radius 2 is 1.77 bits per heavy atom. The summed E-state index contributed by atoms with van der Waals surface area (Å²) in [6, 6.07) is 11.0. The summed E-state index contributed by atoms with van der Waals surface area (Å²) in [6.07, 6.45) is 7.37. The van der Waals surface area contributed by atoms with Crippen molar-refractivity contribution in [2.75, 3.05) is 31.5 Å². The Hall–Kier alpha value is -4.27. The van der Waals surface area contributed by atoms with E-state index in [1.165, 1.54) is 12.1 Å². The van der Waals surface area contributed by atoms with Gasteiger partial charge >= 0.3 is 0 Å². The molecule has 8 nitrogen and oxygen atoms in total. The first kappa shape index (κ1) is 22.5. The normalized spacial score (nSPS) is 18.7. The average Bonchev–Trinajstić information content (AvgIpc) is 3.60. The van der Waals surface area contributed by atoms with E-state index in [0.717, 1.165) is 49.5 Å². The number of benzene rings is 2. The molecule has 0 spiro atoms. The maximum absolute atomic E-state index is 14.7. The van der Waals surface area contributed by atoms with Crippen molar-refractivity contribution in [3.8, 4) is 0 Å². The van der Waals surface area contributed by atoms with E-state index in [4.69, 9.17) is 0 Å². The lowest BCUT2D eigenvalue weighted by Gasteiger charge is -2.17. The third kappa shape index (κ3) is 5.13. The minimum Gasteiger partial charge on any atom is -0.371 e. The Labute approximate surface area is 208 Å². The number of rotatable bonds is 6. The van der Waals surface area contributed by atoms with Gasteiger partial charge in [-0.3, -0.25) is 19.6 Å². The van der Waals surface area contributed by atoms with Gasteiger partial charge in [0.25, 0.3) is 11.8 Å². The Morgan fingerprint density at radius 3 is 2.43 bits per heavy atom. The largest absolute Gasteiger partial charge is 0.371 e. The van der Waals surface area contributed by atoms with Crippen LogP contribution in [0.5, 0.6) is 0 Å². The van der Waals surface area contributed by atoms with Crippen molar-refractivity contribution in [2.24, 2.45) is 15.9 Å². The third-order valence-corrected chi connectivity index (χ3v) is 5.81. The summed E-state index contributed by atoms with van der Waals surface area (Å²) in [5, 5.41) is 11.8. The highest BCUT2D eigenvalue weighted by Gasteiger charge is 2.20. The van der Waals surface area contributed by atoms with Crippen LogP contribution in [0.15, 0.2) is 76.4 Å². The van der Waals surface area contributed by atoms with Crippen molar-refractivity contribution in [3.05, 3.63) is 95.3 Å². The Morgan fingerprint density at radius 1 is 0.971 bits per heavy atom. The Bertz CT molecular complexity index is 1300. The predicted molar refractivity (Wildman–Crippen MR) is 141 cm³/mol. The molecule has 2 heterocycles. The van der Waals surface area contributed by atoms with E-state index in [0.29, 0.717) is 11.4 Å². The fourth-order valence-corrected chi connectivity index (χ4v) is 3.98. The number of carbonyl (C=O) groups is 2. The number of nitrogens with zero attached hydrogens (tertiary/aromatic N) is 2. The summed E-state index contributed by atoms with van der Waals surface area (Å²) in [4.78, 5) is 33.9. The zero-order valence-electron chi connectivity index (χ0n) is 18.8. The number of halogens is 1. The van der Waals surface area contributed by atoms with E-state index in [1.807, 2.05) is 24.6 Å². The van der Waals surface area contributed by atoms with Crippen molar-refractivity contribution in [1.82, 2.24) is 16.0 Å². The fourth-order valence-electron chi connectivity index (χ4n) is 3.98. The van der Waals surface area contributed by atoms with E-state index in [1.54, 1.807) is 24.3 Å². The van der Waals surface area contributed by atoms with Crippen molar-refractivity contribution in [2.45, 2.75) is 0 Å². The van der Waals surface area contributed by atoms with Gasteiger partial charge in [0.1, 0.15) is 17.5 Å². The second-order valence-electron chi connectivity index (χ2n) is 8.23. The number of hydrogen-bond donors (Lipinski definition) is 4. The molecule has 2 aromatic carbocycles. The topological polar surface area (TPSA) is 107 Å². The maximum atomic E-state index is 14.7. The molecule has 1 unspecified atom stereocenters. The van der Waals surface area contributed by atoms with E-state index >= 15 is 0 Å². The first-order valence-corrected chi connectivity index (χ1v) is 11.4. The van der Waals surface area contributed by atoms with Crippen LogP contribution in [0.4, 0.5) is 10.1 Å². The molecule has 35 heavy (non-hydrogen) atoms. The molecule has 0 aromatic heterocycles. The molecule has 0 bridgehead atoms. The van der Waals surface area contributed by atoms with Gasteiger partial charge in [-0.05, 0) is 55.0 Å². The standard InChI is InChI=1S/C26H24FN6O2.4H2/c27-22-15-18(25(34)32-19-6-1-16(2-7-19)23-28-11-12-29-23)5-10-21(22)26(35)33-20-8-3-17(4-9-20)24-30-13-14-31-24;;;;/h1-10,15,17H,11-14H2,(H,28,29)(H,30,31)(H,32,34)(H,33,35);4*1H. The average molecular weight is 480 g/mol. The van der Waals surface area contributed by atoms with Gasteiger partial charge in [0, 0.05) is 47.2 Å². The van der Waals surface area contributed by atoms with Crippen molar-refractivity contribution >= 4 is 29.2 Å². The molecule has 3 aliphatic rings. The van der Waals surface area contributed by atoms with E-state index in [9.17, 15) is 14.0 Å². The molecule has 2 aromatic rings. The summed E-state index contributed by atoms with van der Waals surface area (Å²) in [5.41, 5.74) is 2.02. The number of hydrogen-bond acceptors (Lipinski definition) is 6. The minimum absolute atomic E-state index is 0. The Balaban J connectivity index is 0.00000190. The minimum atomic E-state index is -0.775. The number of amides is 2. The van der Waals surface area contributed by atoms with Crippen LogP contribution in [0.1, 0.15) is 32.0 Å². The van der Waals surface area contributed by atoms with E-state index < -0.39 is 17.6 Å². The number of nitrogens with one attached hydrogen (secondary N) is 4. The van der Waals surface area contributed by atoms with Gasteiger partial charge in [-0.15, -0.1) is 0 Å². The molecule has 1 atom stereocenters. The van der Waals surface area contributed by atoms with Crippen LogP contribution in [0.25, 0.3) is 0 Å². The molecule has 2 amide bonds. The van der Waals surface area contributed by atoms with E-state index in [2.05, 4.69) is 31.3 Å². The van der Waals surface area contributed by atoms with Gasteiger partial charge in [-0.25, -0.2) is 4.39 Å². The lowest BCUT2D eigenvalue weighted by atomic mass is 9.98. The van der Waals surface area contributed by atoms with Gasteiger partial charge in [0.2, 0.25) is 0 Å². The molecule has 9 heteroatoms. The molecule has 5 rings (SSSR count). The predicted octanol–water partition coefficient (Wildman–Crippen LogP) is 3.42. The van der Waals surface area contributed by atoms with Crippen LogP contribution in [0.2, 0.25) is 0 Å². The number of amidine groups is 2. The van der Waals surface area contributed by atoms with Crippen LogP contribution >= 0.6 is 0 Å². The van der Waals surface area contributed by atoms with Crippen molar-refractivity contribution in [3.63, 3.8) is 0 Å². The highest BCUT2D eigenvalue weighted by atomic mass is 19.1. The summed E-state index contributed by atoms with van der Waals surface area (Å²) in [7, 11) is 0. The van der Waals surface area contributed by atoms with Crippen LogP contribution in [0, 0.1) is 18.2 Å². The zero-order valence-corrected chi connectivity index (χ0v) is 18.8. The molecule has 4 N–H and O–H groups in total. The van der Waals surface area contributed by atoms with Gasteiger partial charge in [0.15, 0.2) is 0 Å². The van der Waals surface area contributed by atoms with Crippen LogP contribution < -0.4 is 21.3 Å². The second kappa shape index (κ2) is 9.92. The molecular formula is C26H32FN6O2.